The first kappa shape index (κ1) is 19.0. The van der Waals surface area contributed by atoms with E-state index in [1.807, 2.05) is 11.4 Å². The van der Waals surface area contributed by atoms with Gasteiger partial charge in [-0.3, -0.25) is 9.63 Å². The van der Waals surface area contributed by atoms with Crippen LogP contribution in [0.1, 0.15) is 21.8 Å². The zero-order valence-electron chi connectivity index (χ0n) is 14.4. The van der Waals surface area contributed by atoms with Crippen molar-refractivity contribution in [2.75, 3.05) is 26.4 Å². The predicted molar refractivity (Wildman–Crippen MR) is 101 cm³/mol. The summed E-state index contributed by atoms with van der Waals surface area (Å²) in [6, 6.07) is 8.92. The minimum absolute atomic E-state index is 0.0807. The molecule has 0 saturated carbocycles. The summed E-state index contributed by atoms with van der Waals surface area (Å²) in [6.45, 7) is -0.243. The largest absolute Gasteiger partial charge is 0.393 e. The van der Waals surface area contributed by atoms with Crippen LogP contribution in [0.25, 0.3) is 0 Å². The highest BCUT2D eigenvalue weighted by atomic mass is 79.9. The quantitative estimate of drug-likeness (QED) is 0.733. The molecule has 1 aromatic carbocycles. The van der Waals surface area contributed by atoms with Gasteiger partial charge in [-0.2, -0.15) is 0 Å². The molecule has 2 aliphatic rings. The molecule has 1 aromatic heterocycles. The first-order valence-corrected chi connectivity index (χ1v) is 10.2. The third kappa shape index (κ3) is 3.02. The number of aliphatic hydroxyl groups excluding tert-OH is 2. The third-order valence-corrected chi connectivity index (χ3v) is 7.01. The Morgan fingerprint density at radius 2 is 2.07 bits per heavy atom. The Labute approximate surface area is 168 Å². The smallest absolute Gasteiger partial charge is 0.278 e. The maximum absolute atomic E-state index is 13.2. The zero-order valence-corrected chi connectivity index (χ0v) is 16.8. The number of hydrogen-bond donors (Lipinski definition) is 2. The standard InChI is InChI=1S/C18H19BrN2O5S/c19-14-8-27-16(20-14)18-11-25-17(9-22,10-23)6-13(18)7-26-21(18)15(24)12-4-2-1-3-5-12/h1-5,8,13,22-23H,6-7,9-11H2. The fourth-order valence-electron chi connectivity index (χ4n) is 3.74. The summed E-state index contributed by atoms with van der Waals surface area (Å²) in [5.74, 6) is -0.440. The summed E-state index contributed by atoms with van der Waals surface area (Å²) in [6.07, 6.45) is 0.357. The van der Waals surface area contributed by atoms with Gasteiger partial charge in [-0.1, -0.05) is 18.2 Å². The van der Waals surface area contributed by atoms with E-state index in [1.165, 1.54) is 16.4 Å². The van der Waals surface area contributed by atoms with Gasteiger partial charge in [0, 0.05) is 16.9 Å². The molecule has 1 amide bonds. The van der Waals surface area contributed by atoms with Gasteiger partial charge in [0.15, 0.2) is 5.54 Å². The van der Waals surface area contributed by atoms with E-state index in [1.54, 1.807) is 24.3 Å². The molecule has 2 atom stereocenters. The molecular formula is C18H19BrN2O5S. The number of thiazole rings is 1. The Kier molecular flexibility index (Phi) is 5.08. The molecule has 2 fully saturated rings. The van der Waals surface area contributed by atoms with Crippen LogP contribution in [0.3, 0.4) is 0 Å². The Morgan fingerprint density at radius 1 is 1.33 bits per heavy atom. The van der Waals surface area contributed by atoms with E-state index in [2.05, 4.69) is 20.9 Å². The number of carbonyl (C=O) groups excluding carboxylic acids is 1. The van der Waals surface area contributed by atoms with Crippen molar-refractivity contribution >= 4 is 33.2 Å². The normalized spacial score (nSPS) is 26.8. The van der Waals surface area contributed by atoms with E-state index >= 15 is 0 Å². The van der Waals surface area contributed by atoms with E-state index in [9.17, 15) is 15.0 Å². The number of hydrogen-bond acceptors (Lipinski definition) is 7. The summed E-state index contributed by atoms with van der Waals surface area (Å²) in [5, 5.41) is 23.4. The van der Waals surface area contributed by atoms with Gasteiger partial charge in [0.05, 0.1) is 26.4 Å². The molecule has 4 rings (SSSR count). The number of aromatic nitrogens is 1. The zero-order chi connectivity index (χ0) is 19.1. The molecular weight excluding hydrogens is 436 g/mol. The van der Waals surface area contributed by atoms with Gasteiger partial charge in [0.1, 0.15) is 15.2 Å². The second-order valence-electron chi connectivity index (χ2n) is 6.85. The number of benzene rings is 1. The Balaban J connectivity index is 1.76. The fourth-order valence-corrected chi connectivity index (χ4v) is 5.24. The van der Waals surface area contributed by atoms with Gasteiger partial charge in [-0.25, -0.2) is 10.0 Å². The molecule has 7 nitrogen and oxygen atoms in total. The highest BCUT2D eigenvalue weighted by Gasteiger charge is 2.61. The van der Waals surface area contributed by atoms with Crippen molar-refractivity contribution in [2.24, 2.45) is 5.92 Å². The van der Waals surface area contributed by atoms with E-state index in [0.29, 0.717) is 21.6 Å². The number of amides is 1. The molecule has 3 heterocycles. The van der Waals surface area contributed by atoms with Gasteiger partial charge in [-0.05, 0) is 34.5 Å². The summed E-state index contributed by atoms with van der Waals surface area (Å²) < 4.78 is 6.62. The second kappa shape index (κ2) is 7.23. The van der Waals surface area contributed by atoms with Gasteiger partial charge in [0.25, 0.3) is 5.91 Å². The lowest BCUT2D eigenvalue weighted by Gasteiger charge is -2.47. The molecule has 0 aliphatic carbocycles. The van der Waals surface area contributed by atoms with Gasteiger partial charge >= 0.3 is 0 Å². The number of nitrogens with zero attached hydrogens (tertiary/aromatic N) is 2. The summed E-state index contributed by atoms with van der Waals surface area (Å²) >= 11 is 4.80. The third-order valence-electron chi connectivity index (χ3n) is 5.29. The molecule has 2 aromatic rings. The summed E-state index contributed by atoms with van der Waals surface area (Å²) in [4.78, 5) is 23.6. The number of aliphatic hydroxyl groups is 2. The highest BCUT2D eigenvalue weighted by molar-refractivity contribution is 9.10. The van der Waals surface area contributed by atoms with E-state index in [0.717, 1.165) is 0 Å². The number of halogens is 1. The first-order valence-electron chi connectivity index (χ1n) is 8.54. The molecule has 9 heteroatoms. The minimum Gasteiger partial charge on any atom is -0.393 e. The number of fused-ring (bicyclic) bond motifs is 1. The SMILES string of the molecule is O=C(c1ccccc1)N1OCC2CC(CO)(CO)OCC21c1nc(Br)cs1. The number of rotatable bonds is 4. The van der Waals surface area contributed by atoms with Crippen LogP contribution in [-0.4, -0.2) is 58.2 Å². The van der Waals surface area contributed by atoms with Crippen molar-refractivity contribution in [3.8, 4) is 0 Å². The van der Waals surface area contributed by atoms with Crippen LogP contribution in [0, 0.1) is 5.92 Å². The molecule has 0 bridgehead atoms. The lowest BCUT2D eigenvalue weighted by atomic mass is 9.75. The monoisotopic (exact) mass is 454 g/mol. The topological polar surface area (TPSA) is 92.1 Å². The van der Waals surface area contributed by atoms with Crippen LogP contribution in [0.4, 0.5) is 0 Å². The van der Waals surface area contributed by atoms with Crippen LogP contribution in [-0.2, 0) is 15.1 Å². The van der Waals surface area contributed by atoms with Crippen LogP contribution in [0.15, 0.2) is 40.3 Å². The van der Waals surface area contributed by atoms with Crippen LogP contribution >= 0.6 is 27.3 Å². The first-order chi connectivity index (χ1) is 13.0. The van der Waals surface area contributed by atoms with Crippen LogP contribution < -0.4 is 0 Å². The Hall–Kier alpha value is -1.36. The van der Waals surface area contributed by atoms with Gasteiger partial charge < -0.3 is 14.9 Å². The Bertz CT molecular complexity index is 828. The van der Waals surface area contributed by atoms with Crippen molar-refractivity contribution in [1.29, 1.82) is 0 Å². The van der Waals surface area contributed by atoms with Crippen molar-refractivity contribution in [3.05, 3.63) is 50.9 Å². The minimum atomic E-state index is -1.04. The average molecular weight is 455 g/mol. The van der Waals surface area contributed by atoms with E-state index in [-0.39, 0.29) is 38.3 Å². The maximum atomic E-state index is 13.2. The second-order valence-corrected chi connectivity index (χ2v) is 8.52. The molecule has 27 heavy (non-hydrogen) atoms. The number of hydroxylamine groups is 2. The van der Waals surface area contributed by atoms with Gasteiger partial charge in [-0.15, -0.1) is 11.3 Å². The van der Waals surface area contributed by atoms with Crippen molar-refractivity contribution in [1.82, 2.24) is 10.0 Å². The summed E-state index contributed by atoms with van der Waals surface area (Å²) in [7, 11) is 0. The van der Waals surface area contributed by atoms with E-state index in [4.69, 9.17) is 9.57 Å². The molecule has 144 valence electrons. The van der Waals surface area contributed by atoms with Crippen LogP contribution in [0.5, 0.6) is 0 Å². The van der Waals surface area contributed by atoms with Crippen LogP contribution in [0.2, 0.25) is 0 Å². The lowest BCUT2D eigenvalue weighted by Crippen LogP contribution is -2.60. The van der Waals surface area contributed by atoms with Crippen molar-refractivity contribution < 1.29 is 24.6 Å². The van der Waals surface area contributed by atoms with Crippen molar-refractivity contribution in [2.45, 2.75) is 17.6 Å². The highest BCUT2D eigenvalue weighted by Crippen LogP contribution is 2.51. The molecule has 2 aliphatic heterocycles. The molecule has 0 radical (unpaired) electrons. The molecule has 2 unspecified atom stereocenters. The summed E-state index contributed by atoms with van der Waals surface area (Å²) in [5.41, 5.74) is -1.44. The maximum Gasteiger partial charge on any atom is 0.278 e. The molecule has 0 spiro atoms. The fraction of sp³-hybridized carbons (Fsp3) is 0.444. The molecule has 2 N–H and O–H groups in total. The lowest BCUT2D eigenvalue weighted by molar-refractivity contribution is -0.208. The Morgan fingerprint density at radius 3 is 2.70 bits per heavy atom. The average Bonchev–Trinajstić information content (AvgIpc) is 3.31. The predicted octanol–water partition coefficient (Wildman–Crippen LogP) is 1.95. The van der Waals surface area contributed by atoms with Gasteiger partial charge in [0.2, 0.25) is 0 Å². The number of carbonyl (C=O) groups is 1. The number of ether oxygens (including phenoxy) is 1. The van der Waals surface area contributed by atoms with E-state index < -0.39 is 11.1 Å². The van der Waals surface area contributed by atoms with Crippen molar-refractivity contribution in [3.63, 3.8) is 0 Å². The molecule has 2 saturated heterocycles.